The maximum absolute atomic E-state index is 8.93. The van der Waals surface area contributed by atoms with E-state index < -0.39 is 8.25 Å². The molecule has 0 bridgehead atoms. The summed E-state index contributed by atoms with van der Waals surface area (Å²) in [6.07, 6.45) is 0. The molecular formula is C40H39N3O4P+. The van der Waals surface area contributed by atoms with Crippen molar-refractivity contribution >= 4 is 42.4 Å². The van der Waals surface area contributed by atoms with Crippen molar-refractivity contribution in [3.63, 3.8) is 0 Å². The maximum Gasteiger partial charge on any atom is 0.521 e. The number of hydrogen-bond acceptors (Lipinski definition) is 7. The summed E-state index contributed by atoms with van der Waals surface area (Å²) in [5.41, 5.74) is 10.5. The number of rotatable bonds is 10. The van der Waals surface area contributed by atoms with E-state index in [2.05, 4.69) is 186 Å². The van der Waals surface area contributed by atoms with Crippen molar-refractivity contribution in [2.45, 2.75) is 0 Å². The van der Waals surface area contributed by atoms with E-state index >= 15 is 0 Å². The molecule has 6 aromatic rings. The summed E-state index contributed by atoms with van der Waals surface area (Å²) in [6, 6.07) is 58.0. The van der Waals surface area contributed by atoms with Crippen molar-refractivity contribution in [1.82, 2.24) is 0 Å². The molecule has 1 atom stereocenters. The quantitative estimate of drug-likeness (QED) is 0.0517. The molecule has 8 heteroatoms. The van der Waals surface area contributed by atoms with E-state index in [0.717, 1.165) is 34.1 Å². The minimum absolute atomic E-state index is 0. The summed E-state index contributed by atoms with van der Waals surface area (Å²) >= 11 is 0. The van der Waals surface area contributed by atoms with E-state index in [4.69, 9.17) is 14.7 Å². The summed E-state index contributed by atoms with van der Waals surface area (Å²) in [5.74, 6) is 1.21. The molecule has 48 heavy (non-hydrogen) atoms. The first kappa shape index (κ1) is 33.9. The standard InChI is InChI=1S/C40H36N3.HO4P.H2/c1-41(34-13-7-4-8-14-34)37-25-19-31(20-26-37)40(32-21-27-38(28-22-32)42(2)35-15-9-5-10-16-35)33-23-29-39(30-24-33)43(3)36-17-11-6-12-18-36;1-4-5(2)3;/h4-30H,1-3H3;1H;1H/q+1;;. The molecule has 0 amide bonds. The second-order valence-electron chi connectivity index (χ2n) is 11.0. The Labute approximate surface area is 284 Å². The van der Waals surface area contributed by atoms with Crippen molar-refractivity contribution in [1.29, 1.82) is 0 Å². The molecule has 7 nitrogen and oxygen atoms in total. The molecule has 6 rings (SSSR count). The fourth-order valence-electron chi connectivity index (χ4n) is 5.46. The molecule has 0 saturated heterocycles. The van der Waals surface area contributed by atoms with Crippen LogP contribution in [-0.4, -0.2) is 26.4 Å². The van der Waals surface area contributed by atoms with E-state index in [1.807, 2.05) is 18.2 Å². The molecule has 1 N–H and O–H groups in total. The highest BCUT2D eigenvalue weighted by molar-refractivity contribution is 7.30. The molecule has 0 aromatic heterocycles. The van der Waals surface area contributed by atoms with Crippen molar-refractivity contribution in [3.8, 4) is 0 Å². The predicted molar refractivity (Wildman–Crippen MR) is 197 cm³/mol. The summed E-state index contributed by atoms with van der Waals surface area (Å²) in [4.78, 5) is 15.6. The van der Waals surface area contributed by atoms with Gasteiger partial charge >= 0.3 is 8.25 Å². The highest BCUT2D eigenvalue weighted by atomic mass is 31.1. The number of anilines is 6. The fraction of sp³-hybridized carbons (Fsp3) is 0.0750. The molecule has 0 fully saturated rings. The summed E-state index contributed by atoms with van der Waals surface area (Å²) < 4.78 is 11.6. The van der Waals surface area contributed by atoms with Gasteiger partial charge in [0.2, 0.25) is 0 Å². The van der Waals surface area contributed by atoms with Gasteiger partial charge in [-0.3, -0.25) is 0 Å². The number of para-hydroxylation sites is 3. The summed E-state index contributed by atoms with van der Waals surface area (Å²) in [7, 11) is 3.29. The van der Waals surface area contributed by atoms with Crippen molar-refractivity contribution in [3.05, 3.63) is 186 Å². The van der Waals surface area contributed by atoms with Crippen LogP contribution in [0.15, 0.2) is 164 Å². The smallest absolute Gasteiger partial charge is 0.521 e. The molecule has 1 unspecified atom stereocenters. The molecule has 0 aliphatic rings. The van der Waals surface area contributed by atoms with Gasteiger partial charge in [0, 0.05) is 44.3 Å². The minimum Gasteiger partial charge on any atom is -0.565 e. The van der Waals surface area contributed by atoms with Crippen LogP contribution in [0.2, 0.25) is 0 Å². The Morgan fingerprint density at radius 2 is 0.688 bits per heavy atom. The lowest BCUT2D eigenvalue weighted by Crippen LogP contribution is -2.11. The van der Waals surface area contributed by atoms with Crippen LogP contribution in [-0.2, 0) is 9.24 Å². The SMILES string of the molecule is CN(c1ccccc1)c1ccc([C+](c2ccc(N(C)c3ccccc3)cc2)c2ccc(N(C)c3ccccc3)cc2)cc1.O=[P+]([O-])OO.[HH]. The highest BCUT2D eigenvalue weighted by Gasteiger charge is 2.24. The second kappa shape index (κ2) is 16.4. The molecule has 0 aliphatic heterocycles. The van der Waals surface area contributed by atoms with Crippen molar-refractivity contribution in [2.24, 2.45) is 0 Å². The largest absolute Gasteiger partial charge is 0.565 e. The van der Waals surface area contributed by atoms with Gasteiger partial charge in [0.1, 0.15) is 0 Å². The van der Waals surface area contributed by atoms with E-state index in [1.54, 1.807) is 0 Å². The molecule has 0 saturated carbocycles. The third kappa shape index (κ3) is 8.48. The summed E-state index contributed by atoms with van der Waals surface area (Å²) in [6.45, 7) is 0. The fourth-order valence-corrected chi connectivity index (χ4v) is 5.46. The van der Waals surface area contributed by atoms with E-state index in [1.165, 1.54) is 22.6 Å². The minimum atomic E-state index is -3.04. The van der Waals surface area contributed by atoms with Crippen LogP contribution < -0.4 is 19.6 Å². The number of benzene rings is 6. The summed E-state index contributed by atoms with van der Waals surface area (Å²) in [5, 5.41) is 7.05. The third-order valence-corrected chi connectivity index (χ3v) is 8.26. The van der Waals surface area contributed by atoms with E-state index in [-0.39, 0.29) is 1.43 Å². The monoisotopic (exact) mass is 656 g/mol. The lowest BCUT2D eigenvalue weighted by Gasteiger charge is -2.22. The van der Waals surface area contributed by atoms with Gasteiger partial charge in [0.05, 0.1) is 39.7 Å². The predicted octanol–water partition coefficient (Wildman–Crippen LogP) is 9.75. The van der Waals surface area contributed by atoms with Gasteiger partial charge in [-0.15, -0.1) is 0 Å². The van der Waals surface area contributed by atoms with Gasteiger partial charge in [-0.2, -0.15) is 0 Å². The molecule has 0 radical (unpaired) electrons. The second-order valence-corrected chi connectivity index (χ2v) is 11.6. The average Bonchev–Trinajstić information content (AvgIpc) is 3.16. The van der Waals surface area contributed by atoms with Crippen LogP contribution in [0, 0.1) is 5.92 Å². The zero-order chi connectivity index (χ0) is 33.9. The van der Waals surface area contributed by atoms with Crippen LogP contribution in [0.25, 0.3) is 0 Å². The van der Waals surface area contributed by atoms with Crippen molar-refractivity contribution in [2.75, 3.05) is 35.8 Å². The van der Waals surface area contributed by atoms with Crippen LogP contribution in [0.3, 0.4) is 0 Å². The first-order chi connectivity index (χ1) is 23.4. The Kier molecular flexibility index (Phi) is 11.6. The highest BCUT2D eigenvalue weighted by Crippen LogP contribution is 2.36. The van der Waals surface area contributed by atoms with Crippen molar-refractivity contribution < 1.29 is 20.8 Å². The average molecular weight is 657 g/mol. The van der Waals surface area contributed by atoms with Gasteiger partial charge in [-0.1, -0.05) is 54.6 Å². The van der Waals surface area contributed by atoms with Crippen LogP contribution in [0.1, 0.15) is 18.1 Å². The molecular weight excluding hydrogens is 617 g/mol. The van der Waals surface area contributed by atoms with Crippen LogP contribution in [0.4, 0.5) is 34.1 Å². The number of nitrogens with zero attached hydrogens (tertiary/aromatic N) is 3. The lowest BCUT2D eigenvalue weighted by atomic mass is 9.85. The van der Waals surface area contributed by atoms with Crippen LogP contribution >= 0.6 is 8.25 Å². The van der Waals surface area contributed by atoms with E-state index in [9.17, 15) is 0 Å². The zero-order valence-electron chi connectivity index (χ0n) is 27.0. The Morgan fingerprint density at radius 3 is 0.896 bits per heavy atom. The Hall–Kier alpha value is -5.43. The third-order valence-electron chi connectivity index (χ3n) is 8.13. The Balaban J connectivity index is 0.000000841. The molecule has 0 aliphatic carbocycles. The first-order valence-corrected chi connectivity index (χ1v) is 16.5. The lowest BCUT2D eigenvalue weighted by molar-refractivity contribution is -0.244. The van der Waals surface area contributed by atoms with Gasteiger partial charge in [0.25, 0.3) is 0 Å². The van der Waals surface area contributed by atoms with Gasteiger partial charge in [0.15, 0.2) is 0 Å². The first-order valence-electron chi connectivity index (χ1n) is 15.4. The molecule has 0 heterocycles. The topological polar surface area (TPSA) is 79.3 Å². The molecule has 0 spiro atoms. The molecule has 6 aromatic carbocycles. The normalized spacial score (nSPS) is 10.7. The van der Waals surface area contributed by atoms with Gasteiger partial charge < -0.3 is 19.6 Å². The van der Waals surface area contributed by atoms with Crippen LogP contribution in [0.5, 0.6) is 0 Å². The Bertz CT molecular complexity index is 1650. The zero-order valence-corrected chi connectivity index (χ0v) is 27.9. The molecule has 242 valence electrons. The Morgan fingerprint density at radius 1 is 0.479 bits per heavy atom. The maximum atomic E-state index is 8.93. The van der Waals surface area contributed by atoms with E-state index in [0.29, 0.717) is 0 Å². The van der Waals surface area contributed by atoms with Gasteiger partial charge in [-0.25, -0.2) is 5.26 Å². The number of hydrogen-bond donors (Lipinski definition) is 1. The van der Waals surface area contributed by atoms with Gasteiger partial charge in [-0.05, 0) is 114 Å².